The summed E-state index contributed by atoms with van der Waals surface area (Å²) in [5.74, 6) is 0.0844. The number of ether oxygens (including phenoxy) is 1. The van der Waals surface area contributed by atoms with Crippen molar-refractivity contribution >= 4 is 0 Å². The Morgan fingerprint density at radius 3 is 2.84 bits per heavy atom. The average molecular weight is 258 g/mol. The van der Waals surface area contributed by atoms with Crippen molar-refractivity contribution < 1.29 is 14.2 Å². The summed E-state index contributed by atoms with van der Waals surface area (Å²) >= 11 is 0. The third-order valence-electron chi connectivity index (χ3n) is 3.46. The highest BCUT2D eigenvalue weighted by Gasteiger charge is 2.28. The Morgan fingerprint density at radius 1 is 1.21 bits per heavy atom. The number of aryl methyl sites for hydroxylation is 1. The number of rotatable bonds is 1. The van der Waals surface area contributed by atoms with Crippen LogP contribution in [0.25, 0.3) is 0 Å². The molecule has 0 amide bonds. The van der Waals surface area contributed by atoms with E-state index < -0.39 is 6.10 Å². The molecular weight excluding hydrogens is 243 g/mol. The van der Waals surface area contributed by atoms with E-state index in [1.807, 2.05) is 31.2 Å². The molecule has 1 unspecified atom stereocenters. The first kappa shape index (κ1) is 12.2. The molecule has 2 nitrogen and oxygen atoms in total. The van der Waals surface area contributed by atoms with E-state index in [1.165, 1.54) is 12.1 Å². The summed E-state index contributed by atoms with van der Waals surface area (Å²) in [6, 6.07) is 12.2. The zero-order valence-electron chi connectivity index (χ0n) is 10.6. The number of aliphatic hydroxyl groups is 1. The van der Waals surface area contributed by atoms with E-state index >= 15 is 0 Å². The molecular formula is C16H15FO2. The zero-order chi connectivity index (χ0) is 13.4. The summed E-state index contributed by atoms with van der Waals surface area (Å²) in [6.45, 7) is 2.01. The van der Waals surface area contributed by atoms with Gasteiger partial charge in [0.25, 0.3) is 0 Å². The van der Waals surface area contributed by atoms with Crippen molar-refractivity contribution in [3.05, 3.63) is 65.0 Å². The zero-order valence-corrected chi connectivity index (χ0v) is 10.6. The Kier molecular flexibility index (Phi) is 2.99. The van der Waals surface area contributed by atoms with Crippen molar-refractivity contribution in [2.45, 2.75) is 25.6 Å². The number of hydrogen-bond acceptors (Lipinski definition) is 2. The third-order valence-corrected chi connectivity index (χ3v) is 3.46. The Balaban J connectivity index is 1.96. The summed E-state index contributed by atoms with van der Waals surface area (Å²) in [6.07, 6.45) is -0.360. The van der Waals surface area contributed by atoms with Gasteiger partial charge in [0.15, 0.2) is 0 Å². The molecule has 0 fully saturated rings. The van der Waals surface area contributed by atoms with Crippen LogP contribution in [0.5, 0.6) is 5.75 Å². The highest BCUT2D eigenvalue weighted by atomic mass is 19.1. The minimum absolute atomic E-state index is 0.232. The molecule has 3 rings (SSSR count). The van der Waals surface area contributed by atoms with Gasteiger partial charge in [-0.25, -0.2) is 4.39 Å². The second kappa shape index (κ2) is 4.67. The third kappa shape index (κ3) is 2.34. The first-order valence-corrected chi connectivity index (χ1v) is 6.34. The van der Waals surface area contributed by atoms with Gasteiger partial charge in [-0.05, 0) is 24.6 Å². The van der Waals surface area contributed by atoms with Crippen LogP contribution in [0, 0.1) is 12.7 Å². The molecule has 1 N–H and O–H groups in total. The van der Waals surface area contributed by atoms with Gasteiger partial charge in [0.2, 0.25) is 0 Å². The minimum atomic E-state index is -0.616. The number of aliphatic hydroxyl groups excluding tert-OH is 1. The van der Waals surface area contributed by atoms with Crippen molar-refractivity contribution in [3.8, 4) is 5.75 Å². The van der Waals surface area contributed by atoms with E-state index in [0.29, 0.717) is 17.7 Å². The predicted octanol–water partition coefficient (Wildman–Crippen LogP) is 3.69. The standard InChI is InChI=1S/C16H15FO2/c1-10-3-2-4-11(7-10)15-9-14(18)13-6-5-12(17)8-16(13)19-15/h2-8,14-15,18H,9H2,1H3/t14-,15?/m0/s1. The summed E-state index contributed by atoms with van der Waals surface area (Å²) < 4.78 is 19.1. The Labute approximate surface area is 111 Å². The molecule has 1 heterocycles. The molecule has 0 bridgehead atoms. The minimum Gasteiger partial charge on any atom is -0.485 e. The van der Waals surface area contributed by atoms with Crippen molar-refractivity contribution in [1.29, 1.82) is 0 Å². The largest absolute Gasteiger partial charge is 0.485 e. The van der Waals surface area contributed by atoms with Crippen LogP contribution >= 0.6 is 0 Å². The fraction of sp³-hybridized carbons (Fsp3) is 0.250. The van der Waals surface area contributed by atoms with Crippen LogP contribution < -0.4 is 4.74 Å². The first-order valence-electron chi connectivity index (χ1n) is 6.34. The fourth-order valence-corrected chi connectivity index (χ4v) is 2.49. The summed E-state index contributed by atoms with van der Waals surface area (Å²) in [7, 11) is 0. The van der Waals surface area contributed by atoms with Crippen LogP contribution in [0.3, 0.4) is 0 Å². The van der Waals surface area contributed by atoms with Crippen LogP contribution in [-0.2, 0) is 0 Å². The lowest BCUT2D eigenvalue weighted by Gasteiger charge is -2.30. The van der Waals surface area contributed by atoms with Crippen LogP contribution in [0.4, 0.5) is 4.39 Å². The first-order chi connectivity index (χ1) is 9.13. The van der Waals surface area contributed by atoms with E-state index in [1.54, 1.807) is 6.07 Å². The molecule has 2 aromatic carbocycles. The number of fused-ring (bicyclic) bond motifs is 1. The SMILES string of the molecule is Cc1cccc(C2C[C@H](O)c3ccc(F)cc3O2)c1. The molecule has 1 aliphatic rings. The molecule has 0 saturated carbocycles. The molecule has 3 heteroatoms. The maximum Gasteiger partial charge on any atom is 0.128 e. The number of hydrogen-bond donors (Lipinski definition) is 1. The van der Waals surface area contributed by atoms with E-state index in [9.17, 15) is 9.50 Å². The van der Waals surface area contributed by atoms with Crippen molar-refractivity contribution in [2.24, 2.45) is 0 Å². The highest BCUT2D eigenvalue weighted by molar-refractivity contribution is 5.39. The van der Waals surface area contributed by atoms with Gasteiger partial charge in [-0.2, -0.15) is 0 Å². The fourth-order valence-electron chi connectivity index (χ4n) is 2.49. The van der Waals surface area contributed by atoms with Gasteiger partial charge in [0, 0.05) is 18.1 Å². The van der Waals surface area contributed by atoms with Crippen LogP contribution in [0.2, 0.25) is 0 Å². The Bertz CT molecular complexity index is 609. The highest BCUT2D eigenvalue weighted by Crippen LogP contribution is 2.40. The van der Waals surface area contributed by atoms with Crippen LogP contribution in [-0.4, -0.2) is 5.11 Å². The molecule has 19 heavy (non-hydrogen) atoms. The van der Waals surface area contributed by atoms with Crippen LogP contribution in [0.15, 0.2) is 42.5 Å². The second-order valence-electron chi connectivity index (χ2n) is 4.95. The normalized spacial score (nSPS) is 21.6. The van der Waals surface area contributed by atoms with Gasteiger partial charge >= 0.3 is 0 Å². The Hall–Kier alpha value is -1.87. The van der Waals surface area contributed by atoms with Gasteiger partial charge < -0.3 is 9.84 Å². The monoisotopic (exact) mass is 258 g/mol. The summed E-state index contributed by atoms with van der Waals surface area (Å²) in [5, 5.41) is 10.2. The lowest BCUT2D eigenvalue weighted by Crippen LogP contribution is -2.19. The van der Waals surface area contributed by atoms with E-state index in [-0.39, 0.29) is 11.9 Å². The summed E-state index contributed by atoms with van der Waals surface area (Å²) in [4.78, 5) is 0. The second-order valence-corrected chi connectivity index (χ2v) is 4.95. The topological polar surface area (TPSA) is 29.5 Å². The summed E-state index contributed by atoms with van der Waals surface area (Å²) in [5.41, 5.74) is 2.81. The van der Waals surface area contributed by atoms with Crippen molar-refractivity contribution in [2.75, 3.05) is 0 Å². The molecule has 0 spiro atoms. The molecule has 2 atom stereocenters. The number of halogens is 1. The van der Waals surface area contributed by atoms with Crippen molar-refractivity contribution in [1.82, 2.24) is 0 Å². The van der Waals surface area contributed by atoms with E-state index in [0.717, 1.165) is 11.1 Å². The lowest BCUT2D eigenvalue weighted by atomic mass is 9.94. The van der Waals surface area contributed by atoms with Gasteiger partial charge in [0.05, 0.1) is 6.10 Å². The predicted molar refractivity (Wildman–Crippen MR) is 70.5 cm³/mol. The Morgan fingerprint density at radius 2 is 2.05 bits per heavy atom. The van der Waals surface area contributed by atoms with Gasteiger partial charge in [-0.15, -0.1) is 0 Å². The van der Waals surface area contributed by atoms with Crippen LogP contribution in [0.1, 0.15) is 35.3 Å². The molecule has 2 aromatic rings. The van der Waals surface area contributed by atoms with E-state index in [4.69, 9.17) is 4.74 Å². The maximum atomic E-state index is 13.3. The quantitative estimate of drug-likeness (QED) is 0.845. The van der Waals surface area contributed by atoms with Gasteiger partial charge in [-0.3, -0.25) is 0 Å². The molecule has 1 aliphatic heterocycles. The smallest absolute Gasteiger partial charge is 0.128 e. The molecule has 98 valence electrons. The van der Waals surface area contributed by atoms with Gasteiger partial charge in [-0.1, -0.05) is 29.8 Å². The van der Waals surface area contributed by atoms with Crippen molar-refractivity contribution in [3.63, 3.8) is 0 Å². The molecule has 0 radical (unpaired) electrons. The van der Waals surface area contributed by atoms with E-state index in [2.05, 4.69) is 0 Å². The maximum absolute atomic E-state index is 13.3. The molecule has 0 aliphatic carbocycles. The average Bonchev–Trinajstić information content (AvgIpc) is 2.38. The molecule has 0 aromatic heterocycles. The van der Waals surface area contributed by atoms with Gasteiger partial charge in [0.1, 0.15) is 17.7 Å². The number of benzene rings is 2. The molecule has 0 saturated heterocycles. The lowest BCUT2D eigenvalue weighted by molar-refractivity contribution is 0.0653.